The summed E-state index contributed by atoms with van der Waals surface area (Å²) in [4.78, 5) is 11.0. The number of nitrogens with zero attached hydrogens (tertiary/aromatic N) is 1. The Labute approximate surface area is 130 Å². The van der Waals surface area contributed by atoms with E-state index in [1.54, 1.807) is 0 Å². The Hall–Kier alpha value is -1.19. The van der Waals surface area contributed by atoms with Crippen LogP contribution in [0.3, 0.4) is 0 Å². The lowest BCUT2D eigenvalue weighted by atomic mass is 10.0. The van der Waals surface area contributed by atoms with Gasteiger partial charge in [0.1, 0.15) is 5.82 Å². The van der Waals surface area contributed by atoms with Crippen molar-refractivity contribution in [2.75, 3.05) is 17.8 Å². The Morgan fingerprint density at radius 3 is 2.81 bits per heavy atom. The van der Waals surface area contributed by atoms with Crippen LogP contribution in [0.1, 0.15) is 12.8 Å². The highest BCUT2D eigenvalue weighted by Gasteiger charge is 2.32. The first kappa shape index (κ1) is 16.2. The molecule has 1 heterocycles. The summed E-state index contributed by atoms with van der Waals surface area (Å²) in [5.74, 6) is -2.20. The number of hydrogen-bond acceptors (Lipinski definition) is 3. The van der Waals surface area contributed by atoms with Crippen LogP contribution in [0.25, 0.3) is 0 Å². The van der Waals surface area contributed by atoms with Gasteiger partial charge in [0, 0.05) is 17.6 Å². The van der Waals surface area contributed by atoms with Gasteiger partial charge in [0.15, 0.2) is 0 Å². The molecule has 1 saturated heterocycles. The first-order chi connectivity index (χ1) is 9.79. The summed E-state index contributed by atoms with van der Waals surface area (Å²) in [6.45, 7) is 0.196. The van der Waals surface area contributed by atoms with Crippen LogP contribution >= 0.6 is 15.9 Å². The van der Waals surface area contributed by atoms with Crippen molar-refractivity contribution in [2.24, 2.45) is 5.92 Å². The minimum absolute atomic E-state index is 0.0660. The highest BCUT2D eigenvalue weighted by Crippen LogP contribution is 2.26. The summed E-state index contributed by atoms with van der Waals surface area (Å²) in [6, 6.07) is 3.59. The van der Waals surface area contributed by atoms with Crippen LogP contribution in [0.5, 0.6) is 0 Å². The molecule has 0 spiro atoms. The van der Waals surface area contributed by atoms with Crippen LogP contribution < -0.4 is 4.72 Å². The average Bonchev–Trinajstić information content (AvgIpc) is 2.42. The molecule has 1 aromatic carbocycles. The zero-order valence-electron chi connectivity index (χ0n) is 10.9. The predicted molar refractivity (Wildman–Crippen MR) is 78.6 cm³/mol. The molecular formula is C12H14BrFN2O4S. The van der Waals surface area contributed by atoms with E-state index in [0.717, 1.165) is 16.4 Å². The Morgan fingerprint density at radius 2 is 2.19 bits per heavy atom. The molecule has 1 aliphatic heterocycles. The van der Waals surface area contributed by atoms with E-state index in [9.17, 15) is 17.6 Å². The standard InChI is InChI=1S/C12H14BrFN2O4S/c13-10-6-9(14)3-4-11(10)15-21(19,20)16-5-1-2-8(7-16)12(17)18/h3-4,6,8,15H,1-2,5,7H2,(H,17,18). The molecule has 1 fully saturated rings. The lowest BCUT2D eigenvalue weighted by Gasteiger charge is -2.30. The second-order valence-corrected chi connectivity index (χ2v) is 7.29. The fraction of sp³-hybridized carbons (Fsp3) is 0.417. The molecule has 0 aliphatic carbocycles. The van der Waals surface area contributed by atoms with Crippen molar-refractivity contribution in [3.8, 4) is 0 Å². The number of carbonyl (C=O) groups is 1. The zero-order chi connectivity index (χ0) is 15.6. The van der Waals surface area contributed by atoms with Gasteiger partial charge < -0.3 is 5.11 Å². The van der Waals surface area contributed by atoms with Crippen molar-refractivity contribution < 1.29 is 22.7 Å². The minimum Gasteiger partial charge on any atom is -0.481 e. The molecule has 116 valence electrons. The van der Waals surface area contributed by atoms with Crippen LogP contribution in [-0.4, -0.2) is 36.9 Å². The lowest BCUT2D eigenvalue weighted by molar-refractivity contribution is -0.142. The Morgan fingerprint density at radius 1 is 1.48 bits per heavy atom. The summed E-state index contributed by atoms with van der Waals surface area (Å²) in [6.07, 6.45) is 0.948. The van der Waals surface area contributed by atoms with E-state index >= 15 is 0 Å². The van der Waals surface area contributed by atoms with E-state index in [1.807, 2.05) is 0 Å². The number of nitrogens with one attached hydrogen (secondary N) is 1. The Balaban J connectivity index is 2.16. The molecule has 2 rings (SSSR count). The number of carboxylic acid groups (broad SMARTS) is 1. The molecule has 9 heteroatoms. The molecule has 1 aromatic rings. The van der Waals surface area contributed by atoms with Gasteiger partial charge in [-0.15, -0.1) is 0 Å². The molecule has 21 heavy (non-hydrogen) atoms. The van der Waals surface area contributed by atoms with Crippen LogP contribution in [-0.2, 0) is 15.0 Å². The van der Waals surface area contributed by atoms with Crippen molar-refractivity contribution in [2.45, 2.75) is 12.8 Å². The first-order valence-corrected chi connectivity index (χ1v) is 8.48. The van der Waals surface area contributed by atoms with Gasteiger partial charge >= 0.3 is 16.2 Å². The van der Waals surface area contributed by atoms with Crippen molar-refractivity contribution in [3.05, 3.63) is 28.5 Å². The van der Waals surface area contributed by atoms with Gasteiger partial charge in [-0.1, -0.05) is 0 Å². The molecule has 0 amide bonds. The molecule has 1 atom stereocenters. The van der Waals surface area contributed by atoms with Gasteiger partial charge in [-0.2, -0.15) is 12.7 Å². The normalized spacial score (nSPS) is 20.2. The fourth-order valence-electron chi connectivity index (χ4n) is 2.14. The van der Waals surface area contributed by atoms with Gasteiger partial charge in [0.25, 0.3) is 0 Å². The summed E-state index contributed by atoms with van der Waals surface area (Å²) in [7, 11) is -3.87. The number of piperidine rings is 1. The third kappa shape index (κ3) is 3.92. The third-order valence-corrected chi connectivity index (χ3v) is 5.39. The van der Waals surface area contributed by atoms with Gasteiger partial charge in [0.05, 0.1) is 11.6 Å². The fourth-order valence-corrected chi connectivity index (χ4v) is 4.05. The molecule has 1 aliphatic rings. The number of rotatable bonds is 4. The summed E-state index contributed by atoms with van der Waals surface area (Å²) < 4.78 is 41.2. The van der Waals surface area contributed by atoms with E-state index in [1.165, 1.54) is 6.07 Å². The Kier molecular flexibility index (Phi) is 4.84. The maximum Gasteiger partial charge on any atom is 0.307 e. The molecule has 1 unspecified atom stereocenters. The summed E-state index contributed by atoms with van der Waals surface area (Å²) in [5.41, 5.74) is 0.203. The van der Waals surface area contributed by atoms with Crippen molar-refractivity contribution in [3.63, 3.8) is 0 Å². The van der Waals surface area contributed by atoms with E-state index in [2.05, 4.69) is 20.7 Å². The number of halogens is 2. The molecule has 0 aromatic heterocycles. The zero-order valence-corrected chi connectivity index (χ0v) is 13.3. The van der Waals surface area contributed by atoms with Crippen molar-refractivity contribution >= 4 is 37.8 Å². The first-order valence-electron chi connectivity index (χ1n) is 6.25. The van der Waals surface area contributed by atoms with Crippen LogP contribution in [0.2, 0.25) is 0 Å². The number of hydrogen-bond donors (Lipinski definition) is 2. The highest BCUT2D eigenvalue weighted by atomic mass is 79.9. The topological polar surface area (TPSA) is 86.7 Å². The molecule has 6 nitrogen and oxygen atoms in total. The quantitative estimate of drug-likeness (QED) is 0.836. The second-order valence-electron chi connectivity index (χ2n) is 4.77. The van der Waals surface area contributed by atoms with E-state index in [-0.39, 0.29) is 23.2 Å². The highest BCUT2D eigenvalue weighted by molar-refractivity contribution is 9.10. The lowest BCUT2D eigenvalue weighted by Crippen LogP contribution is -2.44. The molecule has 0 saturated carbocycles. The van der Waals surface area contributed by atoms with Gasteiger partial charge in [-0.3, -0.25) is 9.52 Å². The van der Waals surface area contributed by atoms with E-state index < -0.39 is 27.9 Å². The van der Waals surface area contributed by atoms with E-state index in [0.29, 0.717) is 12.8 Å². The third-order valence-electron chi connectivity index (χ3n) is 3.24. The van der Waals surface area contributed by atoms with E-state index in [4.69, 9.17) is 5.11 Å². The Bertz CT molecular complexity index is 653. The van der Waals surface area contributed by atoms with Crippen molar-refractivity contribution in [1.82, 2.24) is 4.31 Å². The van der Waals surface area contributed by atoms with Crippen molar-refractivity contribution in [1.29, 1.82) is 0 Å². The van der Waals surface area contributed by atoms with Crippen LogP contribution in [0.4, 0.5) is 10.1 Å². The number of anilines is 1. The monoisotopic (exact) mass is 380 g/mol. The largest absolute Gasteiger partial charge is 0.481 e. The average molecular weight is 381 g/mol. The van der Waals surface area contributed by atoms with Crippen LogP contribution in [0.15, 0.2) is 22.7 Å². The van der Waals surface area contributed by atoms with Crippen LogP contribution in [0, 0.1) is 11.7 Å². The molecule has 0 bridgehead atoms. The number of benzene rings is 1. The second kappa shape index (κ2) is 6.29. The van der Waals surface area contributed by atoms with Gasteiger partial charge in [0.2, 0.25) is 0 Å². The predicted octanol–water partition coefficient (Wildman–Crippen LogP) is 2.04. The SMILES string of the molecule is O=C(O)C1CCCN(S(=O)(=O)Nc2ccc(F)cc2Br)C1. The van der Waals surface area contributed by atoms with Gasteiger partial charge in [-0.25, -0.2) is 4.39 Å². The minimum atomic E-state index is -3.87. The van der Waals surface area contributed by atoms with Gasteiger partial charge in [-0.05, 0) is 47.0 Å². The number of carboxylic acids is 1. The number of aliphatic carboxylic acids is 1. The smallest absolute Gasteiger partial charge is 0.307 e. The molecule has 0 radical (unpaired) electrons. The molecular weight excluding hydrogens is 367 g/mol. The maximum absolute atomic E-state index is 13.0. The summed E-state index contributed by atoms with van der Waals surface area (Å²) in [5, 5.41) is 9.00. The maximum atomic E-state index is 13.0. The summed E-state index contributed by atoms with van der Waals surface area (Å²) >= 11 is 3.08. The molecule has 2 N–H and O–H groups in total.